The van der Waals surface area contributed by atoms with Crippen LogP contribution in [0.3, 0.4) is 0 Å². The number of carbonyl (C=O) groups is 1. The minimum absolute atomic E-state index is 0.109. The largest absolute Gasteiger partial charge is 0.294 e. The zero-order valence-corrected chi connectivity index (χ0v) is 12.7. The number of hydrogen-bond donors (Lipinski definition) is 0. The maximum atomic E-state index is 13.6. The van der Waals surface area contributed by atoms with Crippen molar-refractivity contribution in [3.05, 3.63) is 51.3 Å². The third-order valence-electron chi connectivity index (χ3n) is 3.07. The van der Waals surface area contributed by atoms with E-state index in [2.05, 4.69) is 21.0 Å². The van der Waals surface area contributed by atoms with Crippen molar-refractivity contribution in [2.75, 3.05) is 0 Å². The molecule has 0 saturated heterocycles. The van der Waals surface area contributed by atoms with Crippen molar-refractivity contribution in [1.82, 2.24) is 9.78 Å². The zero-order chi connectivity index (χ0) is 14.9. The van der Waals surface area contributed by atoms with E-state index >= 15 is 0 Å². The van der Waals surface area contributed by atoms with Gasteiger partial charge in [0.2, 0.25) is 0 Å². The summed E-state index contributed by atoms with van der Waals surface area (Å²) in [4.78, 5) is 12.1. The molecule has 1 aromatic carbocycles. The highest BCUT2D eigenvalue weighted by atomic mass is 79.9. The Morgan fingerprint density at radius 2 is 1.95 bits per heavy atom. The summed E-state index contributed by atoms with van der Waals surface area (Å²) in [5.41, 5.74) is 0.914. The molecule has 0 spiro atoms. The number of aromatic nitrogens is 2. The first-order valence-corrected chi connectivity index (χ1v) is 6.92. The molecular formula is C14H13BrF2N2O. The smallest absolute Gasteiger partial charge is 0.174 e. The van der Waals surface area contributed by atoms with Gasteiger partial charge in [-0.15, -0.1) is 0 Å². The number of Topliss-reactive ketones (excluding diaryl/α,β-unsaturated/α-hetero) is 1. The van der Waals surface area contributed by atoms with Crippen LogP contribution in [0.2, 0.25) is 0 Å². The summed E-state index contributed by atoms with van der Waals surface area (Å²) in [7, 11) is 1.70. The molecule has 0 aliphatic carbocycles. The van der Waals surface area contributed by atoms with Gasteiger partial charge in [0.15, 0.2) is 5.78 Å². The quantitative estimate of drug-likeness (QED) is 0.797. The van der Waals surface area contributed by atoms with Crippen molar-refractivity contribution in [3.8, 4) is 0 Å². The van der Waals surface area contributed by atoms with Crippen molar-refractivity contribution >= 4 is 21.7 Å². The predicted molar refractivity (Wildman–Crippen MR) is 74.7 cm³/mol. The zero-order valence-electron chi connectivity index (χ0n) is 11.1. The molecule has 0 bridgehead atoms. The van der Waals surface area contributed by atoms with Crippen LogP contribution in [-0.4, -0.2) is 15.6 Å². The van der Waals surface area contributed by atoms with E-state index in [1.807, 2.05) is 6.92 Å². The lowest BCUT2D eigenvalue weighted by molar-refractivity contribution is 0.0982. The Labute approximate surface area is 123 Å². The monoisotopic (exact) mass is 342 g/mol. The van der Waals surface area contributed by atoms with Gasteiger partial charge in [-0.1, -0.05) is 13.0 Å². The van der Waals surface area contributed by atoms with E-state index in [4.69, 9.17) is 0 Å². The Balaban J connectivity index is 2.36. The van der Waals surface area contributed by atoms with Crippen LogP contribution < -0.4 is 0 Å². The molecular weight excluding hydrogens is 330 g/mol. The molecule has 0 unspecified atom stereocenters. The van der Waals surface area contributed by atoms with Crippen molar-refractivity contribution in [2.45, 2.75) is 19.8 Å². The Hall–Kier alpha value is -1.56. The van der Waals surface area contributed by atoms with E-state index in [0.29, 0.717) is 16.6 Å². The molecule has 1 heterocycles. The van der Waals surface area contributed by atoms with E-state index in [0.717, 1.165) is 17.8 Å². The van der Waals surface area contributed by atoms with Crippen LogP contribution in [0.15, 0.2) is 22.7 Å². The first kappa shape index (κ1) is 14.8. The number of nitrogens with zero attached hydrogens (tertiary/aromatic N) is 2. The van der Waals surface area contributed by atoms with Crippen LogP contribution in [0.4, 0.5) is 8.78 Å². The van der Waals surface area contributed by atoms with Gasteiger partial charge >= 0.3 is 0 Å². The van der Waals surface area contributed by atoms with Crippen LogP contribution in [-0.2, 0) is 19.9 Å². The molecule has 1 aromatic heterocycles. The van der Waals surface area contributed by atoms with Crippen LogP contribution in [0, 0.1) is 11.6 Å². The number of carbonyl (C=O) groups excluding carboxylic acids is 1. The lowest BCUT2D eigenvalue weighted by atomic mass is 10.0. The van der Waals surface area contributed by atoms with Gasteiger partial charge in [-0.2, -0.15) is 5.10 Å². The maximum Gasteiger partial charge on any atom is 0.174 e. The fourth-order valence-corrected chi connectivity index (χ4v) is 2.77. The summed E-state index contributed by atoms with van der Waals surface area (Å²) in [6.07, 6.45) is 0.596. The molecule has 2 rings (SSSR count). The van der Waals surface area contributed by atoms with Gasteiger partial charge in [-0.3, -0.25) is 9.48 Å². The Morgan fingerprint density at radius 1 is 1.35 bits per heavy atom. The first-order chi connectivity index (χ1) is 9.45. The number of halogens is 3. The molecule has 0 radical (unpaired) electrons. The number of rotatable bonds is 4. The topological polar surface area (TPSA) is 34.9 Å². The highest BCUT2D eigenvalue weighted by Crippen LogP contribution is 2.24. The Bertz CT molecular complexity index is 647. The molecule has 0 N–H and O–H groups in total. The minimum Gasteiger partial charge on any atom is -0.294 e. The molecule has 2 aromatic rings. The fourth-order valence-electron chi connectivity index (χ4n) is 2.02. The number of hydrogen-bond acceptors (Lipinski definition) is 2. The summed E-state index contributed by atoms with van der Waals surface area (Å²) in [5, 5.41) is 4.25. The van der Waals surface area contributed by atoms with Crippen LogP contribution >= 0.6 is 15.9 Å². The molecule has 3 nitrogen and oxygen atoms in total. The fraction of sp³-hybridized carbons (Fsp3) is 0.286. The summed E-state index contributed by atoms with van der Waals surface area (Å²) in [5.74, 6) is -2.29. The highest BCUT2D eigenvalue weighted by Gasteiger charge is 2.21. The van der Waals surface area contributed by atoms with Crippen molar-refractivity contribution in [1.29, 1.82) is 0 Å². The maximum absolute atomic E-state index is 13.6. The molecule has 106 valence electrons. The second-order valence-corrected chi connectivity index (χ2v) is 5.17. The second kappa shape index (κ2) is 5.83. The number of aryl methyl sites for hydroxylation is 2. The SMILES string of the molecule is CCc1nn(C)c(CC(=O)c2c(F)cccc2F)c1Br. The average molecular weight is 343 g/mol. The molecule has 6 heteroatoms. The van der Waals surface area contributed by atoms with E-state index in [9.17, 15) is 13.6 Å². The summed E-state index contributed by atoms with van der Waals surface area (Å²) >= 11 is 3.38. The minimum atomic E-state index is -0.844. The van der Waals surface area contributed by atoms with E-state index in [1.54, 1.807) is 11.7 Å². The highest BCUT2D eigenvalue weighted by molar-refractivity contribution is 9.10. The normalized spacial score (nSPS) is 10.8. The predicted octanol–water partition coefficient (Wildman–Crippen LogP) is 3.45. The second-order valence-electron chi connectivity index (χ2n) is 4.38. The molecule has 0 amide bonds. The van der Waals surface area contributed by atoms with Crippen LogP contribution in [0.5, 0.6) is 0 Å². The van der Waals surface area contributed by atoms with Gasteiger partial charge in [0.25, 0.3) is 0 Å². The average Bonchev–Trinajstić information content (AvgIpc) is 2.66. The van der Waals surface area contributed by atoms with Crippen molar-refractivity contribution in [2.24, 2.45) is 7.05 Å². The van der Waals surface area contributed by atoms with E-state index in [-0.39, 0.29) is 6.42 Å². The standard InChI is InChI=1S/C14H13BrF2N2O/c1-3-10-14(15)11(19(2)18-10)7-12(20)13-8(16)5-4-6-9(13)17/h4-6H,3,7H2,1-2H3. The molecule has 0 saturated carbocycles. The number of benzene rings is 1. The molecule has 0 fully saturated rings. The van der Waals surface area contributed by atoms with Crippen molar-refractivity contribution < 1.29 is 13.6 Å². The van der Waals surface area contributed by atoms with Gasteiger partial charge in [-0.05, 0) is 34.5 Å². The first-order valence-electron chi connectivity index (χ1n) is 6.13. The van der Waals surface area contributed by atoms with Gasteiger partial charge in [-0.25, -0.2) is 8.78 Å². The molecule has 0 aliphatic rings. The Morgan fingerprint density at radius 3 is 2.45 bits per heavy atom. The van der Waals surface area contributed by atoms with Crippen LogP contribution in [0.1, 0.15) is 28.7 Å². The van der Waals surface area contributed by atoms with Gasteiger partial charge < -0.3 is 0 Å². The van der Waals surface area contributed by atoms with Crippen LogP contribution in [0.25, 0.3) is 0 Å². The molecule has 0 atom stereocenters. The summed E-state index contributed by atoms with van der Waals surface area (Å²) in [6, 6.07) is 3.38. The van der Waals surface area contributed by atoms with E-state index in [1.165, 1.54) is 6.07 Å². The lowest BCUT2D eigenvalue weighted by Crippen LogP contribution is -2.12. The summed E-state index contributed by atoms with van der Waals surface area (Å²) in [6.45, 7) is 1.94. The third kappa shape index (κ3) is 2.65. The number of ketones is 1. The van der Waals surface area contributed by atoms with Crippen molar-refractivity contribution in [3.63, 3.8) is 0 Å². The van der Waals surface area contributed by atoms with Gasteiger partial charge in [0.1, 0.15) is 11.6 Å². The Kier molecular flexibility index (Phi) is 4.32. The lowest BCUT2D eigenvalue weighted by Gasteiger charge is -2.05. The summed E-state index contributed by atoms with van der Waals surface area (Å²) < 4.78 is 29.4. The molecule has 0 aliphatic heterocycles. The van der Waals surface area contributed by atoms with Gasteiger partial charge in [0, 0.05) is 7.05 Å². The van der Waals surface area contributed by atoms with Gasteiger partial charge in [0.05, 0.1) is 27.8 Å². The molecule has 20 heavy (non-hydrogen) atoms. The third-order valence-corrected chi connectivity index (χ3v) is 3.99. The van der Waals surface area contributed by atoms with E-state index < -0.39 is 23.0 Å².